The third kappa shape index (κ3) is 1.02. The minimum atomic E-state index is -0.426. The van der Waals surface area contributed by atoms with Gasteiger partial charge in [-0.05, 0) is 6.07 Å². The van der Waals surface area contributed by atoms with Crippen LogP contribution in [-0.2, 0) is 6.42 Å². The third-order valence-electron chi connectivity index (χ3n) is 2.09. The summed E-state index contributed by atoms with van der Waals surface area (Å²) >= 11 is 0. The smallest absolute Gasteiger partial charge is 0.211 e. The number of nitrogens with zero attached hydrogens (tertiary/aromatic N) is 1. The first kappa shape index (κ1) is 7.91. The maximum Gasteiger partial charge on any atom is 0.211 e. The highest BCUT2D eigenvalue weighted by molar-refractivity contribution is 6.49. The summed E-state index contributed by atoms with van der Waals surface area (Å²) in [4.78, 5) is 11.3. The predicted octanol–water partition coefficient (Wildman–Crippen LogP) is 1.39. The van der Waals surface area contributed by atoms with E-state index in [0.717, 1.165) is 0 Å². The van der Waals surface area contributed by atoms with Gasteiger partial charge in [-0.25, -0.2) is 4.39 Å². The van der Waals surface area contributed by atoms with E-state index in [1.807, 2.05) is 0 Å². The Labute approximate surface area is 73.5 Å². The Kier molecular flexibility index (Phi) is 1.62. The molecule has 0 heterocycles. The number of hydrogen-bond acceptors (Lipinski definition) is 3. The number of Topliss-reactive ketones (excluding diaryl/α,β-unsaturated/α-hetero) is 1. The van der Waals surface area contributed by atoms with Crippen molar-refractivity contribution in [1.29, 1.82) is 0 Å². The fourth-order valence-corrected chi connectivity index (χ4v) is 1.43. The monoisotopic (exact) mass is 179 g/mol. The van der Waals surface area contributed by atoms with Crippen LogP contribution in [0.1, 0.15) is 15.9 Å². The summed E-state index contributed by atoms with van der Waals surface area (Å²) in [6.45, 7) is 0. The van der Waals surface area contributed by atoms with Gasteiger partial charge in [-0.3, -0.25) is 4.79 Å². The summed E-state index contributed by atoms with van der Waals surface area (Å²) < 4.78 is 13.1. The lowest BCUT2D eigenvalue weighted by molar-refractivity contribution is 0.106. The van der Waals surface area contributed by atoms with Crippen molar-refractivity contribution in [3.05, 3.63) is 35.1 Å². The lowest BCUT2D eigenvalue weighted by Crippen LogP contribution is -2.06. The number of halogens is 1. The molecule has 0 amide bonds. The zero-order valence-corrected chi connectivity index (χ0v) is 6.62. The van der Waals surface area contributed by atoms with E-state index in [9.17, 15) is 9.18 Å². The van der Waals surface area contributed by atoms with Crippen molar-refractivity contribution < 1.29 is 14.4 Å². The molecule has 0 radical (unpaired) electrons. The molecule has 0 saturated heterocycles. The van der Waals surface area contributed by atoms with E-state index in [0.29, 0.717) is 11.1 Å². The molecule has 2 rings (SSSR count). The van der Waals surface area contributed by atoms with Crippen molar-refractivity contribution in [3.63, 3.8) is 0 Å². The van der Waals surface area contributed by atoms with E-state index in [2.05, 4.69) is 5.16 Å². The minimum Gasteiger partial charge on any atom is -0.411 e. The number of fused-ring (bicyclic) bond motifs is 1. The zero-order chi connectivity index (χ0) is 9.42. The first-order valence-corrected chi connectivity index (χ1v) is 3.77. The summed E-state index contributed by atoms with van der Waals surface area (Å²) in [5, 5.41) is 11.3. The summed E-state index contributed by atoms with van der Waals surface area (Å²) in [7, 11) is 0. The van der Waals surface area contributed by atoms with Gasteiger partial charge in [0.05, 0.1) is 0 Å². The van der Waals surface area contributed by atoms with Crippen LogP contribution in [0.2, 0.25) is 0 Å². The molecule has 0 aliphatic heterocycles. The highest BCUT2D eigenvalue weighted by Gasteiger charge is 2.28. The molecule has 1 aromatic carbocycles. The van der Waals surface area contributed by atoms with Crippen molar-refractivity contribution >= 4 is 11.5 Å². The van der Waals surface area contributed by atoms with Crippen molar-refractivity contribution in [1.82, 2.24) is 0 Å². The lowest BCUT2D eigenvalue weighted by atomic mass is 10.1. The summed E-state index contributed by atoms with van der Waals surface area (Å²) in [6, 6.07) is 4.28. The fraction of sp³-hybridized carbons (Fsp3) is 0.111. The van der Waals surface area contributed by atoms with Gasteiger partial charge in [0.1, 0.15) is 11.5 Å². The molecule has 1 N–H and O–H groups in total. The quantitative estimate of drug-likeness (QED) is 0.483. The second-order valence-electron chi connectivity index (χ2n) is 2.82. The summed E-state index contributed by atoms with van der Waals surface area (Å²) in [6.07, 6.45) is 0.0807. The molecule has 3 nitrogen and oxygen atoms in total. The third-order valence-corrected chi connectivity index (χ3v) is 2.09. The van der Waals surface area contributed by atoms with Gasteiger partial charge in [0.2, 0.25) is 5.78 Å². The fourth-order valence-electron chi connectivity index (χ4n) is 1.43. The molecule has 0 bridgehead atoms. The number of carbonyl (C=O) groups is 1. The molecular formula is C9H6FNO2. The van der Waals surface area contributed by atoms with Gasteiger partial charge >= 0.3 is 0 Å². The average molecular weight is 179 g/mol. The van der Waals surface area contributed by atoms with Crippen molar-refractivity contribution in [2.24, 2.45) is 5.16 Å². The van der Waals surface area contributed by atoms with Gasteiger partial charge in [0, 0.05) is 17.5 Å². The molecule has 66 valence electrons. The van der Waals surface area contributed by atoms with Gasteiger partial charge in [0.15, 0.2) is 0 Å². The number of oxime groups is 1. The Morgan fingerprint density at radius 1 is 1.46 bits per heavy atom. The van der Waals surface area contributed by atoms with E-state index in [1.165, 1.54) is 18.2 Å². The van der Waals surface area contributed by atoms with E-state index in [1.54, 1.807) is 0 Å². The summed E-state index contributed by atoms with van der Waals surface area (Å²) in [5.74, 6) is -0.818. The highest BCUT2D eigenvalue weighted by atomic mass is 19.1. The molecule has 0 unspecified atom stereocenters. The van der Waals surface area contributed by atoms with Crippen molar-refractivity contribution in [3.8, 4) is 0 Å². The Morgan fingerprint density at radius 2 is 2.23 bits per heavy atom. The Morgan fingerprint density at radius 3 is 2.85 bits per heavy atom. The van der Waals surface area contributed by atoms with Gasteiger partial charge in [-0.1, -0.05) is 17.3 Å². The average Bonchev–Trinajstić information content (AvgIpc) is 2.45. The van der Waals surface area contributed by atoms with Crippen LogP contribution in [-0.4, -0.2) is 16.7 Å². The molecule has 0 atom stereocenters. The van der Waals surface area contributed by atoms with Crippen molar-refractivity contribution in [2.75, 3.05) is 0 Å². The van der Waals surface area contributed by atoms with Crippen LogP contribution in [0.5, 0.6) is 0 Å². The topological polar surface area (TPSA) is 49.7 Å². The first-order valence-electron chi connectivity index (χ1n) is 3.77. The molecule has 4 heteroatoms. The van der Waals surface area contributed by atoms with Crippen LogP contribution >= 0.6 is 0 Å². The standard InChI is InChI=1S/C9H6FNO2/c10-7-3-1-2-5-6(7)4-8(11-13)9(5)12/h1-3,13H,4H2. The first-order chi connectivity index (χ1) is 6.24. The maximum absolute atomic E-state index is 13.1. The van der Waals surface area contributed by atoms with E-state index in [4.69, 9.17) is 5.21 Å². The van der Waals surface area contributed by atoms with Crippen molar-refractivity contribution in [2.45, 2.75) is 6.42 Å². The number of carbonyl (C=O) groups excluding carboxylic acids is 1. The second kappa shape index (κ2) is 2.65. The normalized spacial score (nSPS) is 17.9. The molecule has 1 aromatic rings. The van der Waals surface area contributed by atoms with Crippen LogP contribution in [0.15, 0.2) is 23.4 Å². The summed E-state index contributed by atoms with van der Waals surface area (Å²) in [5.41, 5.74) is 0.619. The molecule has 13 heavy (non-hydrogen) atoms. The van der Waals surface area contributed by atoms with Crippen LogP contribution < -0.4 is 0 Å². The van der Waals surface area contributed by atoms with Gasteiger partial charge < -0.3 is 5.21 Å². The van der Waals surface area contributed by atoms with E-state index < -0.39 is 11.6 Å². The lowest BCUT2D eigenvalue weighted by Gasteiger charge is -1.95. The molecule has 0 fully saturated rings. The molecule has 0 aromatic heterocycles. The highest BCUT2D eigenvalue weighted by Crippen LogP contribution is 2.22. The minimum absolute atomic E-state index is 0.0000926. The number of hydrogen-bond donors (Lipinski definition) is 1. The molecule has 1 aliphatic rings. The van der Waals surface area contributed by atoms with E-state index in [-0.39, 0.29) is 12.1 Å². The van der Waals surface area contributed by atoms with Crippen LogP contribution in [0.25, 0.3) is 0 Å². The molecule has 0 saturated carbocycles. The SMILES string of the molecule is O=C1C(=NO)Cc2c(F)cccc21. The molecule has 1 aliphatic carbocycles. The van der Waals surface area contributed by atoms with E-state index >= 15 is 0 Å². The maximum atomic E-state index is 13.1. The Balaban J connectivity index is 2.62. The number of rotatable bonds is 0. The van der Waals surface area contributed by atoms with Crippen LogP contribution in [0, 0.1) is 5.82 Å². The molecular weight excluding hydrogens is 173 g/mol. The molecule has 0 spiro atoms. The van der Waals surface area contributed by atoms with Crippen LogP contribution in [0.3, 0.4) is 0 Å². The zero-order valence-electron chi connectivity index (χ0n) is 6.62. The largest absolute Gasteiger partial charge is 0.411 e. The second-order valence-corrected chi connectivity index (χ2v) is 2.82. The van der Waals surface area contributed by atoms with Gasteiger partial charge in [-0.2, -0.15) is 0 Å². The number of ketones is 1. The van der Waals surface area contributed by atoms with Crippen LogP contribution in [0.4, 0.5) is 4.39 Å². The van der Waals surface area contributed by atoms with Gasteiger partial charge in [0.25, 0.3) is 0 Å². The van der Waals surface area contributed by atoms with Gasteiger partial charge in [-0.15, -0.1) is 0 Å². The predicted molar refractivity (Wildman–Crippen MR) is 43.7 cm³/mol. The Hall–Kier alpha value is -1.71. The number of benzene rings is 1. The Bertz CT molecular complexity index is 412.